The van der Waals surface area contributed by atoms with E-state index in [1.54, 1.807) is 11.6 Å². The van der Waals surface area contributed by atoms with Crippen molar-refractivity contribution in [2.45, 2.75) is 45.6 Å². The highest BCUT2D eigenvalue weighted by molar-refractivity contribution is 7.71. The van der Waals surface area contributed by atoms with E-state index in [1.165, 1.54) is 0 Å². The lowest BCUT2D eigenvalue weighted by atomic mass is 9.94. The number of halogens is 4. The van der Waals surface area contributed by atoms with Gasteiger partial charge in [-0.15, -0.1) is 0 Å². The van der Waals surface area contributed by atoms with E-state index in [1.807, 2.05) is 9.47 Å². The van der Waals surface area contributed by atoms with Gasteiger partial charge in [0.1, 0.15) is 0 Å². The number of likely N-dealkylation sites (tertiary alicyclic amines) is 1. The van der Waals surface area contributed by atoms with Crippen molar-refractivity contribution in [2.75, 3.05) is 13.1 Å². The number of nitrogens with zero attached hydrogens (tertiary/aromatic N) is 3. The molecule has 4 nitrogen and oxygen atoms in total. The normalized spacial score (nSPS) is 25.2. The second-order valence-corrected chi connectivity index (χ2v) is 10.3. The van der Waals surface area contributed by atoms with Crippen LogP contribution in [0, 0.1) is 45.3 Å². The average molecular weight is 468 g/mol. The first-order valence-corrected chi connectivity index (χ1v) is 11.3. The SMILES string of the molecule is Cn1c(CCC(=O)N2CC3C(C2)C3(C)C)c2n(c1=S)CC(c1c(F)c(F)cc(F)c1F)C2. The number of carbonyl (C=O) groups is 1. The van der Waals surface area contributed by atoms with Crippen LogP contribution >= 0.6 is 12.2 Å². The number of hydrogen-bond acceptors (Lipinski definition) is 2. The monoisotopic (exact) mass is 467 g/mol. The Bertz CT molecular complexity index is 1160. The minimum Gasteiger partial charge on any atom is -0.342 e. The summed E-state index contributed by atoms with van der Waals surface area (Å²) in [6.07, 6.45) is 0.972. The van der Waals surface area contributed by atoms with Crippen LogP contribution in [0.4, 0.5) is 17.6 Å². The van der Waals surface area contributed by atoms with Gasteiger partial charge in [-0.3, -0.25) is 4.79 Å². The lowest BCUT2D eigenvalue weighted by Crippen LogP contribution is -2.33. The lowest BCUT2D eigenvalue weighted by Gasteiger charge is -2.22. The molecule has 5 rings (SSSR count). The van der Waals surface area contributed by atoms with Crippen molar-refractivity contribution in [3.8, 4) is 0 Å². The van der Waals surface area contributed by atoms with Gasteiger partial charge < -0.3 is 14.0 Å². The van der Waals surface area contributed by atoms with Crippen LogP contribution in [0.1, 0.15) is 43.1 Å². The average Bonchev–Trinajstić information content (AvgIpc) is 3.21. The topological polar surface area (TPSA) is 30.2 Å². The van der Waals surface area contributed by atoms with E-state index >= 15 is 0 Å². The molecule has 3 unspecified atom stereocenters. The summed E-state index contributed by atoms with van der Waals surface area (Å²) in [7, 11) is 1.80. The van der Waals surface area contributed by atoms with E-state index in [9.17, 15) is 22.4 Å². The van der Waals surface area contributed by atoms with Crippen LogP contribution in [0.25, 0.3) is 0 Å². The number of aromatic nitrogens is 2. The van der Waals surface area contributed by atoms with E-state index < -0.39 is 34.8 Å². The summed E-state index contributed by atoms with van der Waals surface area (Å²) >= 11 is 5.49. The molecule has 3 atom stereocenters. The number of benzene rings is 1. The maximum absolute atomic E-state index is 14.3. The smallest absolute Gasteiger partial charge is 0.222 e. The van der Waals surface area contributed by atoms with Crippen LogP contribution in [0.2, 0.25) is 0 Å². The highest BCUT2D eigenvalue weighted by Gasteiger charge is 2.62. The second-order valence-electron chi connectivity index (χ2n) is 9.96. The van der Waals surface area contributed by atoms with E-state index in [-0.39, 0.29) is 24.9 Å². The molecular weight excluding hydrogens is 442 g/mol. The molecule has 9 heteroatoms. The second kappa shape index (κ2) is 7.17. The molecule has 1 aromatic carbocycles. The number of fused-ring (bicyclic) bond motifs is 2. The number of hydrogen-bond donors (Lipinski definition) is 0. The molecule has 172 valence electrons. The first-order valence-electron chi connectivity index (χ1n) is 10.9. The van der Waals surface area contributed by atoms with Crippen LogP contribution in [-0.2, 0) is 31.2 Å². The van der Waals surface area contributed by atoms with Gasteiger partial charge in [0.25, 0.3) is 0 Å². The summed E-state index contributed by atoms with van der Waals surface area (Å²) in [4.78, 5) is 14.7. The molecule has 1 saturated carbocycles. The van der Waals surface area contributed by atoms with Crippen molar-refractivity contribution >= 4 is 18.1 Å². The maximum atomic E-state index is 14.3. The zero-order valence-electron chi connectivity index (χ0n) is 18.2. The number of rotatable bonds is 4. The molecule has 0 bridgehead atoms. The molecule has 0 N–H and O–H groups in total. The molecule has 2 aliphatic heterocycles. The molecular formula is C23H25F4N3OS. The fourth-order valence-electron chi connectivity index (χ4n) is 5.87. The number of piperidine rings is 1. The molecule has 2 fully saturated rings. The fourth-order valence-corrected chi connectivity index (χ4v) is 6.17. The lowest BCUT2D eigenvalue weighted by molar-refractivity contribution is -0.131. The van der Waals surface area contributed by atoms with Gasteiger partial charge >= 0.3 is 0 Å². The summed E-state index contributed by atoms with van der Waals surface area (Å²) in [5.41, 5.74) is 1.35. The van der Waals surface area contributed by atoms with Crippen molar-refractivity contribution in [1.82, 2.24) is 14.0 Å². The molecule has 0 spiro atoms. The molecule has 2 aromatic rings. The Morgan fingerprint density at radius 3 is 2.28 bits per heavy atom. The Hall–Kier alpha value is -2.16. The van der Waals surface area contributed by atoms with Crippen LogP contribution < -0.4 is 0 Å². The van der Waals surface area contributed by atoms with Gasteiger partial charge in [-0.05, 0) is 42.3 Å². The van der Waals surface area contributed by atoms with Gasteiger partial charge in [-0.25, -0.2) is 17.6 Å². The molecule has 1 aromatic heterocycles. The van der Waals surface area contributed by atoms with Gasteiger partial charge in [0.05, 0.1) is 0 Å². The third kappa shape index (κ3) is 3.07. The Balaban J connectivity index is 1.34. The number of carbonyl (C=O) groups excluding carboxylic acids is 1. The third-order valence-electron chi connectivity index (χ3n) is 8.03. The summed E-state index contributed by atoms with van der Waals surface area (Å²) in [5.74, 6) is -5.03. The van der Waals surface area contributed by atoms with Crippen molar-refractivity contribution in [3.05, 3.63) is 51.1 Å². The highest BCUT2D eigenvalue weighted by atomic mass is 32.1. The highest BCUT2D eigenvalue weighted by Crippen LogP contribution is 2.62. The van der Waals surface area contributed by atoms with E-state index in [0.29, 0.717) is 34.9 Å². The van der Waals surface area contributed by atoms with Crippen molar-refractivity contribution < 1.29 is 22.4 Å². The van der Waals surface area contributed by atoms with Gasteiger partial charge in [-0.1, -0.05) is 13.8 Å². The van der Waals surface area contributed by atoms with Crippen LogP contribution in [0.15, 0.2) is 6.07 Å². The summed E-state index contributed by atoms with van der Waals surface area (Å²) in [6, 6.07) is 0.225. The van der Waals surface area contributed by atoms with E-state index in [4.69, 9.17) is 12.2 Å². The molecule has 1 saturated heterocycles. The minimum absolute atomic E-state index is 0.0951. The zero-order chi connectivity index (χ0) is 23.1. The van der Waals surface area contributed by atoms with Gasteiger partial charge in [0, 0.05) is 62.0 Å². The van der Waals surface area contributed by atoms with Crippen molar-refractivity contribution in [2.24, 2.45) is 24.3 Å². The number of imidazole rings is 1. The molecule has 3 aliphatic rings. The van der Waals surface area contributed by atoms with Crippen LogP contribution in [0.5, 0.6) is 0 Å². The fraction of sp³-hybridized carbons (Fsp3) is 0.565. The minimum atomic E-state index is -1.41. The van der Waals surface area contributed by atoms with Crippen molar-refractivity contribution in [1.29, 1.82) is 0 Å². The Morgan fingerprint density at radius 1 is 1.09 bits per heavy atom. The van der Waals surface area contributed by atoms with Crippen LogP contribution in [-0.4, -0.2) is 33.0 Å². The van der Waals surface area contributed by atoms with Gasteiger partial charge in [0.2, 0.25) is 5.91 Å². The van der Waals surface area contributed by atoms with Crippen LogP contribution in [0.3, 0.4) is 0 Å². The third-order valence-corrected chi connectivity index (χ3v) is 8.52. The van der Waals surface area contributed by atoms with Gasteiger partial charge in [0.15, 0.2) is 28.0 Å². The summed E-state index contributed by atoms with van der Waals surface area (Å²) < 4.78 is 60.2. The molecule has 32 heavy (non-hydrogen) atoms. The Labute approximate surface area is 188 Å². The molecule has 1 aliphatic carbocycles. The first kappa shape index (κ1) is 21.7. The predicted octanol–water partition coefficient (Wildman–Crippen LogP) is 4.50. The van der Waals surface area contributed by atoms with Crippen molar-refractivity contribution in [3.63, 3.8) is 0 Å². The quantitative estimate of drug-likeness (QED) is 0.377. The van der Waals surface area contributed by atoms with E-state index in [2.05, 4.69) is 13.8 Å². The maximum Gasteiger partial charge on any atom is 0.222 e. The molecule has 0 radical (unpaired) electrons. The zero-order valence-corrected chi connectivity index (χ0v) is 19.0. The summed E-state index contributed by atoms with van der Waals surface area (Å²) in [5, 5.41) is 0. The Morgan fingerprint density at radius 2 is 1.69 bits per heavy atom. The largest absolute Gasteiger partial charge is 0.342 e. The molecule has 3 heterocycles. The number of amides is 1. The Kier molecular flexibility index (Phi) is 4.86. The van der Waals surface area contributed by atoms with Gasteiger partial charge in [-0.2, -0.15) is 0 Å². The molecule has 1 amide bonds. The predicted molar refractivity (Wildman–Crippen MR) is 113 cm³/mol. The standard InChI is InChI=1S/C23H25F4N3OS/c1-23(2)12-9-29(10-13(12)23)18(31)5-4-16-17-6-11(8-30(17)22(32)28(16)3)19-20(26)14(24)7-15(25)21(19)27/h7,11-13H,4-6,8-10H2,1-3H3. The van der Waals surface area contributed by atoms with E-state index in [0.717, 1.165) is 24.5 Å². The summed E-state index contributed by atoms with van der Waals surface area (Å²) in [6.45, 7) is 6.22. The first-order chi connectivity index (χ1) is 15.0.